The van der Waals surface area contributed by atoms with Crippen LogP contribution in [0.2, 0.25) is 0 Å². The van der Waals surface area contributed by atoms with Crippen molar-refractivity contribution in [3.63, 3.8) is 0 Å². The Bertz CT molecular complexity index is 564. The van der Waals surface area contributed by atoms with Crippen LogP contribution in [-0.2, 0) is 0 Å². The summed E-state index contributed by atoms with van der Waals surface area (Å²) in [5.41, 5.74) is 6.54. The molecule has 2 aromatic rings. The van der Waals surface area contributed by atoms with E-state index in [2.05, 4.69) is 21.8 Å². The first-order chi connectivity index (χ1) is 8.59. The Morgan fingerprint density at radius 3 is 2.83 bits per heavy atom. The van der Waals surface area contributed by atoms with Gasteiger partial charge in [0.15, 0.2) is 0 Å². The highest BCUT2D eigenvalue weighted by molar-refractivity contribution is 7.80. The summed E-state index contributed by atoms with van der Waals surface area (Å²) in [4.78, 5) is 11.2. The lowest BCUT2D eigenvalue weighted by atomic mass is 10.1. The second kappa shape index (κ2) is 5.27. The van der Waals surface area contributed by atoms with E-state index in [0.717, 1.165) is 16.7 Å². The van der Waals surface area contributed by atoms with Crippen molar-refractivity contribution < 1.29 is 0 Å². The van der Waals surface area contributed by atoms with Crippen molar-refractivity contribution in [3.8, 4) is 0 Å². The number of fused-ring (bicyclic) bond motifs is 1. The van der Waals surface area contributed by atoms with Crippen LogP contribution in [0.1, 0.15) is 13.3 Å². The summed E-state index contributed by atoms with van der Waals surface area (Å²) in [7, 11) is 2.00. The van der Waals surface area contributed by atoms with Gasteiger partial charge in [-0.25, -0.2) is 9.97 Å². The zero-order valence-electron chi connectivity index (χ0n) is 10.5. The number of anilines is 1. The molecule has 18 heavy (non-hydrogen) atoms. The summed E-state index contributed by atoms with van der Waals surface area (Å²) < 4.78 is 0. The molecule has 94 valence electrons. The molecular weight excluding hydrogens is 244 g/mol. The molecule has 2 N–H and O–H groups in total. The first-order valence-electron chi connectivity index (χ1n) is 5.80. The fourth-order valence-electron chi connectivity index (χ4n) is 1.91. The van der Waals surface area contributed by atoms with E-state index in [1.807, 2.05) is 31.3 Å². The molecule has 4 nitrogen and oxygen atoms in total. The molecule has 0 fully saturated rings. The zero-order valence-corrected chi connectivity index (χ0v) is 11.3. The van der Waals surface area contributed by atoms with Crippen LogP contribution in [0, 0.1) is 0 Å². The van der Waals surface area contributed by atoms with Gasteiger partial charge in [0.25, 0.3) is 0 Å². The fraction of sp³-hybridized carbons (Fsp3) is 0.308. The highest BCUT2D eigenvalue weighted by atomic mass is 32.1. The van der Waals surface area contributed by atoms with Crippen LogP contribution in [-0.4, -0.2) is 28.0 Å². The van der Waals surface area contributed by atoms with Crippen molar-refractivity contribution in [3.05, 3.63) is 30.6 Å². The van der Waals surface area contributed by atoms with Crippen LogP contribution in [0.4, 0.5) is 5.82 Å². The first kappa shape index (κ1) is 12.7. The number of rotatable bonds is 4. The molecule has 1 aromatic heterocycles. The third-order valence-electron chi connectivity index (χ3n) is 3.01. The van der Waals surface area contributed by atoms with Crippen molar-refractivity contribution in [1.29, 1.82) is 0 Å². The van der Waals surface area contributed by atoms with Crippen molar-refractivity contribution in [2.45, 2.75) is 19.4 Å². The Hall–Kier alpha value is -1.75. The average molecular weight is 260 g/mol. The number of nitrogens with two attached hydrogens (primary N) is 1. The smallest absolute Gasteiger partial charge is 0.139 e. The maximum atomic E-state index is 5.59. The van der Waals surface area contributed by atoms with Gasteiger partial charge in [-0.15, -0.1) is 0 Å². The lowest BCUT2D eigenvalue weighted by Gasteiger charge is -2.26. The van der Waals surface area contributed by atoms with Crippen LogP contribution in [0.5, 0.6) is 0 Å². The molecular formula is C13H16N4S. The van der Waals surface area contributed by atoms with Crippen molar-refractivity contribution in [2.24, 2.45) is 5.73 Å². The normalized spacial score (nSPS) is 12.3. The van der Waals surface area contributed by atoms with Gasteiger partial charge in [-0.2, -0.15) is 0 Å². The average Bonchev–Trinajstić information content (AvgIpc) is 2.36. The van der Waals surface area contributed by atoms with E-state index in [0.29, 0.717) is 11.4 Å². The molecule has 0 aliphatic carbocycles. The molecule has 2 rings (SSSR count). The summed E-state index contributed by atoms with van der Waals surface area (Å²) in [5.74, 6) is 0.907. The Balaban J connectivity index is 2.38. The molecule has 1 aromatic carbocycles. The van der Waals surface area contributed by atoms with Crippen molar-refractivity contribution in [1.82, 2.24) is 9.97 Å². The van der Waals surface area contributed by atoms with Crippen molar-refractivity contribution >= 4 is 33.9 Å². The van der Waals surface area contributed by atoms with E-state index >= 15 is 0 Å². The highest BCUT2D eigenvalue weighted by Gasteiger charge is 2.14. The minimum absolute atomic E-state index is 0.209. The third kappa shape index (κ3) is 2.56. The van der Waals surface area contributed by atoms with E-state index in [1.54, 1.807) is 6.33 Å². The first-order valence-corrected chi connectivity index (χ1v) is 6.21. The van der Waals surface area contributed by atoms with E-state index in [1.165, 1.54) is 0 Å². The predicted octanol–water partition coefficient (Wildman–Crippen LogP) is 2.13. The number of thiocarbonyl (C=S) groups is 1. The summed E-state index contributed by atoms with van der Waals surface area (Å²) in [6.07, 6.45) is 2.26. The number of para-hydroxylation sites is 1. The van der Waals surface area contributed by atoms with Gasteiger partial charge in [0.1, 0.15) is 12.1 Å². The van der Waals surface area contributed by atoms with Crippen LogP contribution >= 0.6 is 12.2 Å². The van der Waals surface area contributed by atoms with Gasteiger partial charge in [0.05, 0.1) is 10.5 Å². The number of aromatic nitrogens is 2. The van der Waals surface area contributed by atoms with E-state index < -0.39 is 0 Å². The van der Waals surface area contributed by atoms with Gasteiger partial charge in [-0.1, -0.05) is 24.4 Å². The predicted molar refractivity (Wildman–Crippen MR) is 78.8 cm³/mol. The molecule has 0 spiro atoms. The van der Waals surface area contributed by atoms with Gasteiger partial charge in [0.2, 0.25) is 0 Å². The molecule has 0 bridgehead atoms. The second-order valence-electron chi connectivity index (χ2n) is 4.34. The van der Waals surface area contributed by atoms with Crippen LogP contribution < -0.4 is 10.6 Å². The van der Waals surface area contributed by atoms with Gasteiger partial charge in [-0.05, 0) is 19.1 Å². The number of benzene rings is 1. The Labute approximate surface area is 112 Å². The largest absolute Gasteiger partial charge is 0.393 e. The molecule has 0 aliphatic rings. The zero-order chi connectivity index (χ0) is 13.1. The maximum absolute atomic E-state index is 5.59. The molecule has 5 heteroatoms. The topological polar surface area (TPSA) is 55.0 Å². The molecule has 1 atom stereocenters. The van der Waals surface area contributed by atoms with Crippen LogP contribution in [0.3, 0.4) is 0 Å². The number of hydrogen-bond acceptors (Lipinski definition) is 4. The van der Waals surface area contributed by atoms with Gasteiger partial charge < -0.3 is 10.6 Å². The second-order valence-corrected chi connectivity index (χ2v) is 4.87. The molecule has 0 aliphatic heterocycles. The standard InChI is InChI=1S/C13H16N4S/c1-9(7-12(14)18)17(2)13-10-5-3-4-6-11(10)15-8-16-13/h3-6,8-9H,7H2,1-2H3,(H2,14,18). The SMILES string of the molecule is CC(CC(N)=S)N(C)c1ncnc2ccccc12. The lowest BCUT2D eigenvalue weighted by Crippen LogP contribution is -2.33. The molecule has 1 unspecified atom stereocenters. The van der Waals surface area contributed by atoms with E-state index in [9.17, 15) is 0 Å². The lowest BCUT2D eigenvalue weighted by molar-refractivity contribution is 0.707. The number of hydrogen-bond donors (Lipinski definition) is 1. The summed E-state index contributed by atoms with van der Waals surface area (Å²) in [5, 5.41) is 1.04. The third-order valence-corrected chi connectivity index (χ3v) is 3.18. The summed E-state index contributed by atoms with van der Waals surface area (Å²) in [6, 6.07) is 8.17. The minimum atomic E-state index is 0.209. The Morgan fingerprint density at radius 2 is 2.11 bits per heavy atom. The molecule has 1 heterocycles. The van der Waals surface area contributed by atoms with Gasteiger partial charge in [0, 0.05) is 24.9 Å². The van der Waals surface area contributed by atoms with Gasteiger partial charge >= 0.3 is 0 Å². The van der Waals surface area contributed by atoms with E-state index in [-0.39, 0.29) is 6.04 Å². The monoisotopic (exact) mass is 260 g/mol. The summed E-state index contributed by atoms with van der Waals surface area (Å²) >= 11 is 4.96. The minimum Gasteiger partial charge on any atom is -0.393 e. The van der Waals surface area contributed by atoms with Crippen LogP contribution in [0.15, 0.2) is 30.6 Å². The highest BCUT2D eigenvalue weighted by Crippen LogP contribution is 2.23. The Kier molecular flexibility index (Phi) is 3.72. The van der Waals surface area contributed by atoms with Crippen molar-refractivity contribution in [2.75, 3.05) is 11.9 Å². The molecule has 0 saturated carbocycles. The number of nitrogens with zero attached hydrogens (tertiary/aromatic N) is 3. The molecule has 0 amide bonds. The Morgan fingerprint density at radius 1 is 1.39 bits per heavy atom. The summed E-state index contributed by atoms with van der Waals surface area (Å²) in [6.45, 7) is 2.08. The van der Waals surface area contributed by atoms with E-state index in [4.69, 9.17) is 18.0 Å². The molecule has 0 radical (unpaired) electrons. The van der Waals surface area contributed by atoms with Gasteiger partial charge in [-0.3, -0.25) is 0 Å². The fourth-order valence-corrected chi connectivity index (χ4v) is 2.15. The van der Waals surface area contributed by atoms with Crippen LogP contribution in [0.25, 0.3) is 10.9 Å². The quantitative estimate of drug-likeness (QED) is 0.853. The maximum Gasteiger partial charge on any atom is 0.139 e. The molecule has 0 saturated heterocycles.